The first kappa shape index (κ1) is 32.8. The van der Waals surface area contributed by atoms with Crippen LogP contribution in [0.5, 0.6) is 34.5 Å². The van der Waals surface area contributed by atoms with Gasteiger partial charge >= 0.3 is 0 Å². The Bertz CT molecular complexity index is 1520. The van der Waals surface area contributed by atoms with E-state index >= 15 is 0 Å². The molecule has 2 aromatic rings. The number of benzene rings is 2. The van der Waals surface area contributed by atoms with Crippen LogP contribution in [-0.2, 0) is 27.1 Å². The summed E-state index contributed by atoms with van der Waals surface area (Å²) in [5.74, 6) is 1.68. The van der Waals surface area contributed by atoms with E-state index in [9.17, 15) is 4.79 Å². The fraction of sp³-hybridized carbons (Fsp3) is 0.583. The molecule has 0 amide bonds. The number of Topliss-reactive ketones (excluding diaryl/α,β-unsaturated/α-hetero) is 1. The molecule has 0 unspecified atom stereocenters. The highest BCUT2D eigenvalue weighted by Gasteiger charge is 2.69. The lowest BCUT2D eigenvalue weighted by molar-refractivity contribution is -0.234. The van der Waals surface area contributed by atoms with Crippen molar-refractivity contribution in [1.29, 1.82) is 0 Å². The number of carbonyl (C=O) groups excluding carboxylic acids is 1. The molecule has 2 aliphatic heterocycles. The number of hydrogen-bond donors (Lipinski definition) is 0. The van der Waals surface area contributed by atoms with Crippen LogP contribution in [0.3, 0.4) is 0 Å². The maximum Gasteiger partial charge on any atom is 0.245 e. The van der Waals surface area contributed by atoms with E-state index in [1.807, 2.05) is 26.0 Å². The molecule has 3 aliphatic rings. The maximum absolute atomic E-state index is 14.9. The molecule has 45 heavy (non-hydrogen) atoms. The van der Waals surface area contributed by atoms with Crippen LogP contribution < -0.4 is 28.4 Å². The number of carbonyl (C=O) groups is 1. The number of methoxy groups -OCH3 is 6. The highest BCUT2D eigenvalue weighted by molar-refractivity contribution is 6.03. The second-order valence-electron chi connectivity index (χ2n) is 13.0. The third-order valence-electron chi connectivity index (χ3n) is 9.67. The van der Waals surface area contributed by atoms with Crippen LogP contribution in [0.15, 0.2) is 23.5 Å². The Balaban J connectivity index is 1.83. The van der Waals surface area contributed by atoms with Crippen LogP contribution in [0.2, 0.25) is 0 Å². The average Bonchev–Trinajstić information content (AvgIpc) is 3.03. The molecule has 0 N–H and O–H groups in total. The Labute approximate surface area is 267 Å². The van der Waals surface area contributed by atoms with Crippen molar-refractivity contribution in [1.82, 2.24) is 0 Å². The summed E-state index contributed by atoms with van der Waals surface area (Å²) in [4.78, 5) is 14.9. The maximum atomic E-state index is 14.9. The lowest BCUT2D eigenvalue weighted by Crippen LogP contribution is -2.69. The predicted molar refractivity (Wildman–Crippen MR) is 170 cm³/mol. The fourth-order valence-corrected chi connectivity index (χ4v) is 7.80. The lowest BCUT2D eigenvalue weighted by Gasteiger charge is -2.56. The van der Waals surface area contributed by atoms with Gasteiger partial charge in [-0.05, 0) is 49.1 Å². The number of ether oxygens (including phenoxy) is 8. The normalized spacial score (nSPS) is 23.8. The number of ketones is 1. The van der Waals surface area contributed by atoms with Crippen molar-refractivity contribution in [3.8, 4) is 34.5 Å². The largest absolute Gasteiger partial charge is 0.496 e. The topological polar surface area (TPSA) is 90.9 Å². The first-order valence-electron chi connectivity index (χ1n) is 15.7. The number of hydrogen-bond acceptors (Lipinski definition) is 9. The van der Waals surface area contributed by atoms with Gasteiger partial charge in [0.2, 0.25) is 11.6 Å². The zero-order valence-electron chi connectivity index (χ0n) is 28.8. The smallest absolute Gasteiger partial charge is 0.245 e. The molecule has 5 rings (SSSR count). The van der Waals surface area contributed by atoms with Gasteiger partial charge in [-0.1, -0.05) is 41.5 Å². The van der Waals surface area contributed by atoms with Gasteiger partial charge in [-0.3, -0.25) is 4.79 Å². The monoisotopic (exact) mass is 624 g/mol. The van der Waals surface area contributed by atoms with E-state index in [4.69, 9.17) is 37.9 Å². The summed E-state index contributed by atoms with van der Waals surface area (Å²) in [6.45, 7) is 12.4. The molecule has 1 aliphatic carbocycles. The van der Waals surface area contributed by atoms with E-state index in [0.717, 1.165) is 28.0 Å². The molecule has 0 aromatic heterocycles. The van der Waals surface area contributed by atoms with Crippen molar-refractivity contribution < 1.29 is 42.7 Å². The molecule has 2 heterocycles. The van der Waals surface area contributed by atoms with E-state index < -0.39 is 17.3 Å². The van der Waals surface area contributed by atoms with Crippen LogP contribution in [0, 0.1) is 11.8 Å². The van der Waals surface area contributed by atoms with Gasteiger partial charge in [0.05, 0.1) is 41.5 Å². The van der Waals surface area contributed by atoms with Gasteiger partial charge in [0.25, 0.3) is 0 Å². The zero-order chi connectivity index (χ0) is 33.0. The highest BCUT2D eigenvalue weighted by atomic mass is 16.7. The Kier molecular flexibility index (Phi) is 8.72. The van der Waals surface area contributed by atoms with Crippen molar-refractivity contribution >= 4 is 5.78 Å². The summed E-state index contributed by atoms with van der Waals surface area (Å²) in [5, 5.41) is 0. The highest BCUT2D eigenvalue weighted by Crippen LogP contribution is 2.60. The summed E-state index contributed by atoms with van der Waals surface area (Å²) in [5.41, 5.74) is 2.78. The van der Waals surface area contributed by atoms with Gasteiger partial charge in [-0.15, -0.1) is 0 Å². The van der Waals surface area contributed by atoms with Gasteiger partial charge in [0, 0.05) is 34.9 Å². The SMILES string of the molecule is COC1=C(C(C)C)[C@@]2(OC)Oc3c(cc(OC)c(C(C)C)c3OC)C[C@@H]2[C@]2(CCc3cc(OC)c(C(C)C)c(OC)c3O2)C1=O. The first-order valence-corrected chi connectivity index (χ1v) is 15.7. The molecule has 0 bridgehead atoms. The lowest BCUT2D eigenvalue weighted by atomic mass is 9.62. The molecule has 3 atom stereocenters. The molecular formula is C36H48O9. The van der Waals surface area contributed by atoms with E-state index in [2.05, 4.69) is 27.7 Å². The van der Waals surface area contributed by atoms with Gasteiger partial charge < -0.3 is 37.9 Å². The Morgan fingerprint density at radius 2 is 1.24 bits per heavy atom. The van der Waals surface area contributed by atoms with Crippen molar-refractivity contribution in [2.24, 2.45) is 11.8 Å². The van der Waals surface area contributed by atoms with Crippen molar-refractivity contribution in [3.05, 3.63) is 45.7 Å². The summed E-state index contributed by atoms with van der Waals surface area (Å²) >= 11 is 0. The van der Waals surface area contributed by atoms with Crippen LogP contribution in [0.25, 0.3) is 0 Å². The van der Waals surface area contributed by atoms with Gasteiger partial charge in [-0.2, -0.15) is 0 Å². The molecule has 1 spiro atoms. The number of rotatable bonds is 9. The molecular weight excluding hydrogens is 576 g/mol. The van der Waals surface area contributed by atoms with E-state index in [1.165, 1.54) is 7.11 Å². The molecule has 9 nitrogen and oxygen atoms in total. The third kappa shape index (κ3) is 4.64. The average molecular weight is 625 g/mol. The molecule has 0 fully saturated rings. The van der Waals surface area contributed by atoms with Crippen LogP contribution >= 0.6 is 0 Å². The van der Waals surface area contributed by atoms with Gasteiger partial charge in [0.15, 0.2) is 34.4 Å². The Morgan fingerprint density at radius 3 is 1.69 bits per heavy atom. The van der Waals surface area contributed by atoms with Crippen LogP contribution in [0.1, 0.15) is 82.1 Å². The van der Waals surface area contributed by atoms with Crippen molar-refractivity contribution in [3.63, 3.8) is 0 Å². The first-order chi connectivity index (χ1) is 21.4. The summed E-state index contributed by atoms with van der Waals surface area (Å²) < 4.78 is 50.3. The minimum Gasteiger partial charge on any atom is -0.496 e. The minimum atomic E-state index is -1.39. The van der Waals surface area contributed by atoms with E-state index in [0.29, 0.717) is 53.6 Å². The summed E-state index contributed by atoms with van der Waals surface area (Å²) in [7, 11) is 9.70. The number of aryl methyl sites for hydroxylation is 1. The number of fused-ring (bicyclic) bond motifs is 4. The standard InChI is InChI=1S/C36H48O9/c1-18(2)26-23(38-7)15-21-13-14-35(44-29(21)31(26)40-9)25-17-22-16-24(39-8)27(19(3)4)32(41-10)30(22)45-36(25,43-12)28(20(5)6)33(42-11)34(35)37/h15-16,18-20,25H,13-14,17H2,1-12H3/t25-,35-,36+/m1/s1. The molecule has 0 saturated heterocycles. The fourth-order valence-electron chi connectivity index (χ4n) is 7.80. The minimum absolute atomic E-state index is 0.0729. The molecule has 246 valence electrons. The third-order valence-corrected chi connectivity index (χ3v) is 9.67. The molecule has 9 heteroatoms. The van der Waals surface area contributed by atoms with E-state index in [1.54, 1.807) is 35.5 Å². The van der Waals surface area contributed by atoms with Gasteiger partial charge in [0.1, 0.15) is 11.5 Å². The Morgan fingerprint density at radius 1 is 0.711 bits per heavy atom. The van der Waals surface area contributed by atoms with Crippen LogP contribution in [-0.4, -0.2) is 59.8 Å². The summed E-state index contributed by atoms with van der Waals surface area (Å²) in [6, 6.07) is 3.99. The second-order valence-corrected chi connectivity index (χ2v) is 13.0. The van der Waals surface area contributed by atoms with Crippen molar-refractivity contribution in [2.75, 3.05) is 42.7 Å². The van der Waals surface area contributed by atoms with Crippen molar-refractivity contribution in [2.45, 2.75) is 84.0 Å². The zero-order valence-corrected chi connectivity index (χ0v) is 28.8. The molecule has 0 radical (unpaired) electrons. The second kappa shape index (κ2) is 12.0. The van der Waals surface area contributed by atoms with Crippen LogP contribution in [0.4, 0.5) is 0 Å². The van der Waals surface area contributed by atoms with Gasteiger partial charge in [-0.25, -0.2) is 0 Å². The quantitative estimate of drug-likeness (QED) is 0.300. The molecule has 0 saturated carbocycles. The molecule has 2 aromatic carbocycles. The van der Waals surface area contributed by atoms with E-state index in [-0.39, 0.29) is 29.3 Å². The Hall–Kier alpha value is -3.59. The summed E-state index contributed by atoms with van der Waals surface area (Å²) in [6.07, 6.45) is 1.32. The predicted octanol–water partition coefficient (Wildman–Crippen LogP) is 6.76.